The molecule has 7 nitrogen and oxygen atoms in total. The van der Waals surface area contributed by atoms with E-state index in [1.54, 1.807) is 48.8 Å². The van der Waals surface area contributed by atoms with Crippen molar-refractivity contribution < 1.29 is 15.0 Å². The number of nitrogens with one attached hydrogen (secondary N) is 2. The standard InChI is InChI=1S/C39H42N4O3S2/c1-4-7-29-10-13-35(47-29)36-14-15-37(48-36)38(46)31-12-11-30(32-19-25-8-5-6-9-26(25)20-33(31)32)34(43-39(40)41-3)18-24-16-27(21-28(45)17-24)42-22-23(2)44/h5-6,8-10,13-17,19-21,23,30-34,42,44-45H,11-12,18,22H2,1-3H3,(H3,40,41,43)/t23-,30+,31-,32+,33-,34+/m0/s1. The molecule has 9 heteroatoms. The van der Waals surface area contributed by atoms with Crippen LogP contribution in [0.4, 0.5) is 5.69 Å². The number of nitrogens with zero attached hydrogens (tertiary/aromatic N) is 1. The van der Waals surface area contributed by atoms with Gasteiger partial charge < -0.3 is 26.6 Å². The Labute approximate surface area is 290 Å². The van der Waals surface area contributed by atoms with Gasteiger partial charge in [-0.05, 0) is 103 Å². The molecule has 6 atom stereocenters. The summed E-state index contributed by atoms with van der Waals surface area (Å²) in [6.45, 7) is 3.93. The minimum Gasteiger partial charge on any atom is -0.508 e. The number of anilines is 1. The number of guanidine groups is 1. The summed E-state index contributed by atoms with van der Waals surface area (Å²) in [7, 11) is 1.67. The van der Waals surface area contributed by atoms with Gasteiger partial charge in [0.1, 0.15) is 5.75 Å². The summed E-state index contributed by atoms with van der Waals surface area (Å²) < 4.78 is 0. The van der Waals surface area contributed by atoms with Crippen LogP contribution in [0.25, 0.3) is 21.9 Å². The average molecular weight is 679 g/mol. The molecule has 0 unspecified atom stereocenters. The molecule has 0 saturated heterocycles. The molecule has 0 spiro atoms. The van der Waals surface area contributed by atoms with E-state index in [2.05, 4.69) is 76.0 Å². The summed E-state index contributed by atoms with van der Waals surface area (Å²) in [5, 5.41) is 29.4. The van der Waals surface area contributed by atoms with Crippen LogP contribution >= 0.6 is 22.7 Å². The molecule has 248 valence electrons. The highest BCUT2D eigenvalue weighted by atomic mass is 32.1. The molecule has 6 rings (SSSR count). The number of benzene rings is 2. The van der Waals surface area contributed by atoms with E-state index in [0.717, 1.165) is 48.8 Å². The molecule has 0 radical (unpaired) electrons. The van der Waals surface area contributed by atoms with E-state index >= 15 is 0 Å². The number of aliphatic imine (C=N–C) groups is 1. The predicted octanol–water partition coefficient (Wildman–Crippen LogP) is 5.21. The van der Waals surface area contributed by atoms with Crippen LogP contribution in [-0.4, -0.2) is 47.7 Å². The third-order valence-electron chi connectivity index (χ3n) is 9.36. The number of carbonyl (C=O) groups excluding carboxylic acids is 1. The van der Waals surface area contributed by atoms with Crippen LogP contribution < -0.4 is 26.8 Å². The van der Waals surface area contributed by atoms with E-state index in [9.17, 15) is 15.0 Å². The molecule has 6 N–H and O–H groups in total. The number of phenolic OH excluding ortho intramolecular Hbond substituents is 1. The number of fused-ring (bicyclic) bond motifs is 2. The topological polar surface area (TPSA) is 120 Å². The van der Waals surface area contributed by atoms with Crippen molar-refractivity contribution in [2.75, 3.05) is 18.9 Å². The van der Waals surface area contributed by atoms with Crippen molar-refractivity contribution in [1.29, 1.82) is 0 Å². The fourth-order valence-electron chi connectivity index (χ4n) is 7.20. The Bertz CT molecular complexity index is 2000. The Balaban J connectivity index is 1.32. The second kappa shape index (κ2) is 14.8. The normalized spacial score (nSPS) is 21.3. The molecular weight excluding hydrogens is 637 g/mol. The number of hydrogen-bond acceptors (Lipinski definition) is 7. The summed E-state index contributed by atoms with van der Waals surface area (Å²) in [4.78, 5) is 22.6. The Morgan fingerprint density at radius 1 is 1.02 bits per heavy atom. The highest BCUT2D eigenvalue weighted by Gasteiger charge is 2.44. The minimum absolute atomic E-state index is 0.0152. The predicted molar refractivity (Wildman–Crippen MR) is 199 cm³/mol. The molecule has 2 aliphatic rings. The van der Waals surface area contributed by atoms with Gasteiger partial charge in [-0.2, -0.15) is 0 Å². The highest BCUT2D eigenvalue weighted by Crippen LogP contribution is 2.46. The smallest absolute Gasteiger partial charge is 0.188 e. The van der Waals surface area contributed by atoms with E-state index in [-0.39, 0.29) is 41.2 Å². The SMILES string of the molecule is CC#Cc1ccc(-c2ccc(C(=O)[C@H]3CC[C@@H]([C@@H](Cc4cc(O)cc(NC[C@H](C)O)c4)NC(N)=NC)[C@H]4C=c5ccccc5=C[C@H]43)s2)s1. The van der Waals surface area contributed by atoms with E-state index in [1.165, 1.54) is 5.22 Å². The lowest BCUT2D eigenvalue weighted by Gasteiger charge is -2.44. The highest BCUT2D eigenvalue weighted by molar-refractivity contribution is 7.23. The number of hydrogen-bond donors (Lipinski definition) is 5. The zero-order valence-corrected chi connectivity index (χ0v) is 29.1. The van der Waals surface area contributed by atoms with Crippen LogP contribution in [0.1, 0.15) is 46.8 Å². The first-order valence-electron chi connectivity index (χ1n) is 16.4. The number of aliphatic hydroxyl groups excluding tert-OH is 1. The number of phenols is 1. The number of carbonyl (C=O) groups is 1. The number of Topliss-reactive ketones (excluding diaryl/α,β-unsaturated/α-hetero) is 1. The first-order chi connectivity index (χ1) is 23.2. The largest absolute Gasteiger partial charge is 0.508 e. The lowest BCUT2D eigenvalue weighted by atomic mass is 9.61. The number of nitrogens with two attached hydrogens (primary N) is 1. The first kappa shape index (κ1) is 33.5. The van der Waals surface area contributed by atoms with Gasteiger partial charge in [-0.15, -0.1) is 28.6 Å². The van der Waals surface area contributed by atoms with Gasteiger partial charge in [-0.25, -0.2) is 0 Å². The Kier molecular flexibility index (Phi) is 10.4. The molecule has 0 bridgehead atoms. The molecule has 0 amide bonds. The zero-order valence-electron chi connectivity index (χ0n) is 27.4. The second-order valence-corrected chi connectivity index (χ2v) is 14.9. The van der Waals surface area contributed by atoms with Crippen LogP contribution in [-0.2, 0) is 6.42 Å². The quantitative estimate of drug-likeness (QED) is 0.0681. The van der Waals surface area contributed by atoms with Gasteiger partial charge in [0.15, 0.2) is 11.7 Å². The van der Waals surface area contributed by atoms with Gasteiger partial charge in [-0.1, -0.05) is 42.3 Å². The zero-order chi connectivity index (χ0) is 33.8. The van der Waals surface area contributed by atoms with Crippen LogP contribution in [0.5, 0.6) is 5.75 Å². The van der Waals surface area contributed by atoms with Gasteiger partial charge in [0.05, 0.1) is 15.9 Å². The average Bonchev–Trinajstić information content (AvgIpc) is 3.76. The maximum atomic E-state index is 14.3. The van der Waals surface area contributed by atoms with Crippen LogP contribution in [0.15, 0.2) is 71.7 Å². The summed E-state index contributed by atoms with van der Waals surface area (Å²) in [5.41, 5.74) is 7.99. The summed E-state index contributed by atoms with van der Waals surface area (Å²) >= 11 is 3.23. The molecule has 1 saturated carbocycles. The Hall–Kier alpha value is -4.36. The van der Waals surface area contributed by atoms with Crippen molar-refractivity contribution in [3.05, 3.63) is 92.5 Å². The molecule has 2 aromatic heterocycles. The molecular formula is C39H42N4O3S2. The van der Waals surface area contributed by atoms with Gasteiger partial charge in [0.2, 0.25) is 0 Å². The first-order valence-corrected chi connectivity index (χ1v) is 18.0. The monoisotopic (exact) mass is 678 g/mol. The van der Waals surface area contributed by atoms with Crippen LogP contribution in [0, 0.1) is 35.5 Å². The van der Waals surface area contributed by atoms with Gasteiger partial charge in [-0.3, -0.25) is 9.79 Å². The number of rotatable bonds is 10. The molecule has 0 aliphatic heterocycles. The van der Waals surface area contributed by atoms with E-state index < -0.39 is 6.10 Å². The van der Waals surface area contributed by atoms with Crippen molar-refractivity contribution in [3.8, 4) is 27.3 Å². The fraction of sp³-hybridized carbons (Fsp3) is 0.333. The Morgan fingerprint density at radius 2 is 1.75 bits per heavy atom. The van der Waals surface area contributed by atoms with Crippen molar-refractivity contribution in [3.63, 3.8) is 0 Å². The minimum atomic E-state index is -0.522. The summed E-state index contributed by atoms with van der Waals surface area (Å²) in [6.07, 6.45) is 6.33. The van der Waals surface area contributed by atoms with Gasteiger partial charge in [0.25, 0.3) is 0 Å². The molecule has 2 heterocycles. The third-order valence-corrected chi connectivity index (χ3v) is 11.7. The summed E-state index contributed by atoms with van der Waals surface area (Å²) in [6, 6.07) is 21.9. The van der Waals surface area contributed by atoms with Gasteiger partial charge >= 0.3 is 0 Å². The van der Waals surface area contributed by atoms with E-state index in [1.807, 2.05) is 25.1 Å². The van der Waals surface area contributed by atoms with Crippen molar-refractivity contribution in [1.82, 2.24) is 5.32 Å². The second-order valence-electron chi connectivity index (χ2n) is 12.7. The number of thiophene rings is 2. The molecule has 48 heavy (non-hydrogen) atoms. The molecule has 2 aromatic carbocycles. The molecule has 1 fully saturated rings. The van der Waals surface area contributed by atoms with Crippen LogP contribution in [0.3, 0.4) is 0 Å². The van der Waals surface area contributed by atoms with Crippen molar-refractivity contribution >= 4 is 52.3 Å². The van der Waals surface area contributed by atoms with Gasteiger partial charge in [0, 0.05) is 47.1 Å². The molecule has 4 aromatic rings. The Morgan fingerprint density at radius 3 is 2.48 bits per heavy atom. The summed E-state index contributed by atoms with van der Waals surface area (Å²) in [5.74, 6) is 6.90. The van der Waals surface area contributed by atoms with E-state index in [0.29, 0.717) is 18.9 Å². The number of aromatic hydroxyl groups is 1. The van der Waals surface area contributed by atoms with Crippen molar-refractivity contribution in [2.24, 2.45) is 34.4 Å². The number of ketones is 1. The lowest BCUT2D eigenvalue weighted by molar-refractivity contribution is 0.0768. The maximum Gasteiger partial charge on any atom is 0.188 e. The lowest BCUT2D eigenvalue weighted by Crippen LogP contribution is -2.52. The van der Waals surface area contributed by atoms with E-state index in [4.69, 9.17) is 5.73 Å². The fourth-order valence-corrected chi connectivity index (χ4v) is 9.21. The number of aliphatic hydroxyl groups is 1. The van der Waals surface area contributed by atoms with Crippen molar-refractivity contribution in [2.45, 2.75) is 45.3 Å². The molecule has 2 aliphatic carbocycles. The van der Waals surface area contributed by atoms with Crippen LogP contribution in [0.2, 0.25) is 0 Å². The third kappa shape index (κ3) is 7.52. The maximum absolute atomic E-state index is 14.3.